The van der Waals surface area contributed by atoms with Gasteiger partial charge in [0.2, 0.25) is 31.9 Å². The third-order valence-electron chi connectivity index (χ3n) is 10.4. The van der Waals surface area contributed by atoms with Crippen LogP contribution < -0.4 is 28.4 Å². The number of ether oxygens (including phenoxy) is 6. The summed E-state index contributed by atoms with van der Waals surface area (Å²) in [7, 11) is 4.26. The summed E-state index contributed by atoms with van der Waals surface area (Å²) >= 11 is 11.8. The first-order valence-corrected chi connectivity index (χ1v) is 25.2. The van der Waals surface area contributed by atoms with Crippen molar-refractivity contribution in [1.82, 2.24) is 59.1 Å². The fourth-order valence-electron chi connectivity index (χ4n) is 7.09. The van der Waals surface area contributed by atoms with E-state index in [9.17, 15) is 16.8 Å². The molecule has 72 heavy (non-hydrogen) atoms. The van der Waals surface area contributed by atoms with Gasteiger partial charge in [-0.2, -0.15) is 10.2 Å². The molecule has 0 radical (unpaired) electrons. The molecule has 2 atom stereocenters. The van der Waals surface area contributed by atoms with Gasteiger partial charge in [-0.15, -0.1) is 20.4 Å². The van der Waals surface area contributed by atoms with Gasteiger partial charge in [0.05, 0.1) is 49.9 Å². The lowest BCUT2D eigenvalue weighted by atomic mass is 10.2. The molecule has 8 rings (SSSR count). The Balaban J connectivity index is 0.000000211. The van der Waals surface area contributed by atoms with E-state index in [1.165, 1.54) is 64.2 Å². The van der Waals surface area contributed by atoms with Gasteiger partial charge in [-0.05, 0) is 60.7 Å². The maximum atomic E-state index is 13.2. The fourth-order valence-corrected chi connectivity index (χ4v) is 9.71. The van der Waals surface area contributed by atoms with Crippen LogP contribution in [0, 0.1) is 0 Å². The number of rotatable bonds is 20. The number of nitrogens with zero attached hydrogens (tertiary/aromatic N) is 12. The molecule has 0 fully saturated rings. The topological polar surface area (TPSA) is 271 Å². The summed E-state index contributed by atoms with van der Waals surface area (Å²) < 4.78 is 97.1. The van der Waals surface area contributed by atoms with E-state index in [2.05, 4.69) is 50.0 Å². The molecule has 0 aliphatic carbocycles. The zero-order valence-corrected chi connectivity index (χ0v) is 43.0. The van der Waals surface area contributed by atoms with Crippen LogP contribution in [-0.2, 0) is 43.6 Å². The number of benzene rings is 2. The number of para-hydroxylation sites is 2. The fraction of sp³-hybridized carbons (Fsp3) is 0.273. The maximum Gasteiger partial charge on any atom is 0.243 e. The van der Waals surface area contributed by atoms with E-state index in [0.717, 1.165) is 0 Å². The lowest BCUT2D eigenvalue weighted by molar-refractivity contribution is 0.118. The van der Waals surface area contributed by atoms with E-state index in [4.69, 9.17) is 51.6 Å². The minimum Gasteiger partial charge on any atom is -0.494 e. The summed E-state index contributed by atoms with van der Waals surface area (Å²) in [5, 5.41) is 26.3. The number of aromatic nitrogens is 12. The summed E-state index contributed by atoms with van der Waals surface area (Å²) in [4.78, 5) is 8.34. The van der Waals surface area contributed by atoms with Crippen LogP contribution in [0.4, 0.5) is 11.9 Å². The molecular formula is C44H48Cl2N14O10S2. The molecule has 0 saturated carbocycles. The van der Waals surface area contributed by atoms with E-state index in [0.29, 0.717) is 67.2 Å². The number of sulfonamides is 2. The predicted molar refractivity (Wildman–Crippen MR) is 266 cm³/mol. The standard InChI is InChI=1S/2C22H24ClN7O5S/c2*1-29-11-10-16(27-29)21-25-26-22(30(21)20-17(33-2)6-5-7-18(20)34-3)28-36(31,32)13-19(35-4)15-9-8-14(23)12-24-15/h2*5-12,19H,13H2,1-4H3,(H,26,28)/t2*19-/m10/s1. The van der Waals surface area contributed by atoms with Gasteiger partial charge in [-0.1, -0.05) is 35.3 Å². The van der Waals surface area contributed by atoms with Crippen molar-refractivity contribution in [2.45, 2.75) is 12.2 Å². The van der Waals surface area contributed by atoms with Crippen molar-refractivity contribution in [3.8, 4) is 57.4 Å². The molecule has 6 heterocycles. The number of aryl methyl sites for hydroxylation is 2. The van der Waals surface area contributed by atoms with Crippen LogP contribution >= 0.6 is 23.2 Å². The van der Waals surface area contributed by atoms with E-state index < -0.39 is 43.8 Å². The number of nitrogens with one attached hydrogen (secondary N) is 2. The van der Waals surface area contributed by atoms with Crippen LogP contribution in [0.2, 0.25) is 10.0 Å². The van der Waals surface area contributed by atoms with Crippen molar-refractivity contribution in [1.29, 1.82) is 0 Å². The van der Waals surface area contributed by atoms with Gasteiger partial charge in [-0.25, -0.2) is 16.8 Å². The third-order valence-corrected chi connectivity index (χ3v) is 13.3. The van der Waals surface area contributed by atoms with Crippen molar-refractivity contribution in [3.05, 3.63) is 119 Å². The Hall–Kier alpha value is -7.36. The highest BCUT2D eigenvalue weighted by Crippen LogP contribution is 2.39. The molecule has 2 aromatic carbocycles. The van der Waals surface area contributed by atoms with Crippen molar-refractivity contribution < 1.29 is 45.3 Å². The Morgan fingerprint density at radius 3 is 1.17 bits per heavy atom. The average molecular weight is 1070 g/mol. The predicted octanol–water partition coefficient (Wildman–Crippen LogP) is 5.73. The molecule has 0 saturated heterocycles. The Labute approximate surface area is 423 Å². The minimum absolute atomic E-state index is 0.0858. The molecule has 24 nitrogen and oxygen atoms in total. The number of halogens is 2. The monoisotopic (exact) mass is 1070 g/mol. The SMILES string of the molecule is COc1cccc(OC)c1-n1c(NS(=O)(=O)C[C@@H](OC)c2ccc(Cl)cn2)nnc1-c1ccn(C)n1.COc1cccc(OC)c1-n1c(NS(=O)(=O)C[C@H](OC)c2ccc(Cl)cn2)nnc1-c1ccn(C)n1. The summed E-state index contributed by atoms with van der Waals surface area (Å²) in [5.41, 5.74) is 2.54. The van der Waals surface area contributed by atoms with E-state index >= 15 is 0 Å². The molecule has 0 amide bonds. The first-order chi connectivity index (χ1) is 34.5. The second-order valence-corrected chi connectivity index (χ2v) is 19.6. The summed E-state index contributed by atoms with van der Waals surface area (Å²) in [6.45, 7) is 0. The lowest BCUT2D eigenvalue weighted by Gasteiger charge is -2.18. The van der Waals surface area contributed by atoms with Crippen LogP contribution in [0.1, 0.15) is 23.6 Å². The van der Waals surface area contributed by atoms with Gasteiger partial charge >= 0.3 is 0 Å². The Kier molecular flexibility index (Phi) is 16.6. The number of methoxy groups -OCH3 is 6. The van der Waals surface area contributed by atoms with E-state index in [1.807, 2.05) is 0 Å². The van der Waals surface area contributed by atoms with Crippen LogP contribution in [0.5, 0.6) is 23.0 Å². The van der Waals surface area contributed by atoms with Crippen molar-refractivity contribution in [2.75, 3.05) is 63.6 Å². The first-order valence-electron chi connectivity index (χ1n) is 21.1. The molecule has 0 bridgehead atoms. The van der Waals surface area contributed by atoms with Crippen LogP contribution in [-0.4, -0.2) is 130 Å². The summed E-state index contributed by atoms with van der Waals surface area (Å²) in [5.74, 6) is 1.14. The van der Waals surface area contributed by atoms with Crippen molar-refractivity contribution >= 4 is 55.1 Å². The number of anilines is 2. The Morgan fingerprint density at radius 1 is 0.528 bits per heavy atom. The molecule has 2 N–H and O–H groups in total. The van der Waals surface area contributed by atoms with Gasteiger partial charge in [0, 0.05) is 53.1 Å². The number of hydrogen-bond donors (Lipinski definition) is 2. The quantitative estimate of drug-likeness (QED) is 0.0923. The van der Waals surface area contributed by atoms with Crippen LogP contribution in [0.15, 0.2) is 97.6 Å². The van der Waals surface area contributed by atoms with Gasteiger partial charge in [-0.3, -0.25) is 37.9 Å². The van der Waals surface area contributed by atoms with Crippen LogP contribution in [0.25, 0.3) is 34.4 Å². The zero-order chi connectivity index (χ0) is 51.7. The van der Waals surface area contributed by atoms with Gasteiger partial charge in [0.1, 0.15) is 69.5 Å². The highest BCUT2D eigenvalue weighted by molar-refractivity contribution is 7.93. The normalized spacial score (nSPS) is 12.4. The largest absolute Gasteiger partial charge is 0.494 e. The number of hydrogen-bond acceptors (Lipinski definition) is 18. The molecule has 8 aromatic rings. The Bertz CT molecular complexity index is 3080. The summed E-state index contributed by atoms with van der Waals surface area (Å²) in [6, 6.07) is 20.2. The van der Waals surface area contributed by atoms with Gasteiger partial charge in [0.15, 0.2) is 11.6 Å². The summed E-state index contributed by atoms with van der Waals surface area (Å²) in [6.07, 6.45) is 4.61. The van der Waals surface area contributed by atoms with Crippen molar-refractivity contribution in [2.24, 2.45) is 14.1 Å². The first kappa shape index (κ1) is 52.5. The highest BCUT2D eigenvalue weighted by atomic mass is 35.5. The second kappa shape index (κ2) is 22.8. The molecule has 0 aliphatic rings. The molecule has 6 aromatic heterocycles. The average Bonchev–Trinajstić information content (AvgIpc) is 4.19. The van der Waals surface area contributed by atoms with Gasteiger partial charge in [0.25, 0.3) is 0 Å². The molecule has 0 spiro atoms. The van der Waals surface area contributed by atoms with E-state index in [-0.39, 0.29) is 23.5 Å². The molecule has 0 aliphatic heterocycles. The Morgan fingerprint density at radius 2 is 0.889 bits per heavy atom. The third kappa shape index (κ3) is 12.0. The molecular weight excluding hydrogens is 1020 g/mol. The van der Waals surface area contributed by atoms with Crippen LogP contribution in [0.3, 0.4) is 0 Å². The maximum absolute atomic E-state index is 13.2. The lowest BCUT2D eigenvalue weighted by Crippen LogP contribution is -2.25. The molecule has 0 unspecified atom stereocenters. The van der Waals surface area contributed by atoms with E-state index in [1.54, 1.807) is 109 Å². The molecule has 380 valence electrons. The van der Waals surface area contributed by atoms with Gasteiger partial charge < -0.3 is 28.4 Å². The molecule has 28 heteroatoms. The number of pyridine rings is 2. The van der Waals surface area contributed by atoms with Crippen molar-refractivity contribution in [3.63, 3.8) is 0 Å². The minimum atomic E-state index is -4.02. The zero-order valence-electron chi connectivity index (χ0n) is 39.8. The second-order valence-electron chi connectivity index (χ2n) is 15.2. The highest BCUT2D eigenvalue weighted by Gasteiger charge is 2.30. The smallest absolute Gasteiger partial charge is 0.243 e.